The minimum atomic E-state index is -0.415. The van der Waals surface area contributed by atoms with Crippen LogP contribution in [0.15, 0.2) is 26.7 Å². The van der Waals surface area contributed by atoms with E-state index >= 15 is 0 Å². The molecule has 1 amide bonds. The molecule has 0 radical (unpaired) electrons. The quantitative estimate of drug-likeness (QED) is 0.309. The summed E-state index contributed by atoms with van der Waals surface area (Å²) < 4.78 is 6.81. The standard InChI is InChI=1S/C11H15N5O3S/c1-2-4-16-10(18)14-15-11(16)20-6-8-7(3-5-19-8)9(17)13-12/h3,5H,2,4,6,12H2,1H3,(H,13,17)(H,14,18). The maximum atomic E-state index is 11.5. The van der Waals surface area contributed by atoms with Gasteiger partial charge in [-0.15, -0.1) is 5.10 Å². The van der Waals surface area contributed by atoms with Gasteiger partial charge in [0.25, 0.3) is 5.91 Å². The van der Waals surface area contributed by atoms with Crippen LogP contribution in [0.25, 0.3) is 0 Å². The second-order valence-corrected chi connectivity index (χ2v) is 4.93. The van der Waals surface area contributed by atoms with Gasteiger partial charge in [0.2, 0.25) is 0 Å². The van der Waals surface area contributed by atoms with E-state index in [-0.39, 0.29) is 5.69 Å². The van der Waals surface area contributed by atoms with Crippen LogP contribution in [-0.2, 0) is 12.3 Å². The molecule has 4 N–H and O–H groups in total. The smallest absolute Gasteiger partial charge is 0.343 e. The minimum Gasteiger partial charge on any atom is -0.468 e. The van der Waals surface area contributed by atoms with E-state index in [2.05, 4.69) is 15.6 Å². The first kappa shape index (κ1) is 14.4. The van der Waals surface area contributed by atoms with Gasteiger partial charge in [-0.25, -0.2) is 15.7 Å². The second kappa shape index (κ2) is 6.44. The van der Waals surface area contributed by atoms with Crippen molar-refractivity contribution in [2.24, 2.45) is 5.84 Å². The highest BCUT2D eigenvalue weighted by Crippen LogP contribution is 2.22. The Balaban J connectivity index is 2.11. The minimum absolute atomic E-state index is 0.242. The average molecular weight is 297 g/mol. The Bertz CT molecular complexity index is 645. The summed E-state index contributed by atoms with van der Waals surface area (Å²) in [5.74, 6) is 5.54. The van der Waals surface area contributed by atoms with E-state index in [4.69, 9.17) is 10.3 Å². The van der Waals surface area contributed by atoms with Gasteiger partial charge >= 0.3 is 5.69 Å². The Labute approximate surface area is 118 Å². The number of thioether (sulfide) groups is 1. The lowest BCUT2D eigenvalue weighted by atomic mass is 10.2. The van der Waals surface area contributed by atoms with Crippen LogP contribution in [-0.4, -0.2) is 20.7 Å². The molecule has 0 aliphatic heterocycles. The third-order valence-electron chi connectivity index (χ3n) is 2.62. The number of aromatic amines is 1. The first-order valence-corrected chi connectivity index (χ1v) is 7.01. The number of nitrogen functional groups attached to an aromatic ring is 1. The fraction of sp³-hybridized carbons (Fsp3) is 0.364. The highest BCUT2D eigenvalue weighted by molar-refractivity contribution is 7.98. The molecule has 8 nitrogen and oxygen atoms in total. The number of furan rings is 1. The van der Waals surface area contributed by atoms with Gasteiger partial charge in [-0.3, -0.25) is 14.8 Å². The number of amides is 1. The first-order chi connectivity index (χ1) is 9.67. The number of hydrazine groups is 1. The molecule has 0 aliphatic carbocycles. The predicted octanol–water partition coefficient (Wildman–Crippen LogP) is 0.470. The number of hydrogen-bond acceptors (Lipinski definition) is 6. The summed E-state index contributed by atoms with van der Waals surface area (Å²) in [6.07, 6.45) is 2.25. The molecule has 0 saturated carbocycles. The van der Waals surface area contributed by atoms with E-state index in [0.29, 0.717) is 28.8 Å². The molecule has 0 spiro atoms. The molecule has 0 saturated heterocycles. The molecule has 2 aromatic rings. The van der Waals surface area contributed by atoms with Crippen LogP contribution in [0.4, 0.5) is 0 Å². The maximum absolute atomic E-state index is 11.5. The fourth-order valence-corrected chi connectivity index (χ4v) is 2.62. The van der Waals surface area contributed by atoms with E-state index in [1.807, 2.05) is 6.92 Å². The highest BCUT2D eigenvalue weighted by atomic mass is 32.2. The van der Waals surface area contributed by atoms with Crippen molar-refractivity contribution in [3.63, 3.8) is 0 Å². The molecule has 9 heteroatoms. The zero-order valence-electron chi connectivity index (χ0n) is 10.9. The Hall–Kier alpha value is -2.00. The van der Waals surface area contributed by atoms with Gasteiger partial charge in [-0.2, -0.15) is 0 Å². The summed E-state index contributed by atoms with van der Waals surface area (Å²) >= 11 is 1.31. The van der Waals surface area contributed by atoms with Crippen LogP contribution in [0.5, 0.6) is 0 Å². The predicted molar refractivity (Wildman–Crippen MR) is 73.1 cm³/mol. The number of aromatic nitrogens is 3. The van der Waals surface area contributed by atoms with Gasteiger partial charge in [-0.1, -0.05) is 18.7 Å². The van der Waals surface area contributed by atoms with Crippen LogP contribution in [0.2, 0.25) is 0 Å². The molecule has 2 heterocycles. The van der Waals surface area contributed by atoms with Gasteiger partial charge in [0.05, 0.1) is 17.6 Å². The van der Waals surface area contributed by atoms with E-state index in [1.54, 1.807) is 10.6 Å². The first-order valence-electron chi connectivity index (χ1n) is 6.02. The average Bonchev–Trinajstić information content (AvgIpc) is 3.04. The van der Waals surface area contributed by atoms with Crippen molar-refractivity contribution in [1.82, 2.24) is 20.2 Å². The Kier molecular flexibility index (Phi) is 4.64. The molecule has 20 heavy (non-hydrogen) atoms. The zero-order chi connectivity index (χ0) is 14.5. The summed E-state index contributed by atoms with van der Waals surface area (Å²) in [6, 6.07) is 1.54. The molecule has 0 fully saturated rings. The molecule has 0 bridgehead atoms. The molecule has 108 valence electrons. The molecule has 0 aliphatic rings. The number of nitrogens with one attached hydrogen (secondary N) is 2. The number of rotatable bonds is 6. The molecule has 2 aromatic heterocycles. The molecule has 0 atom stereocenters. The molecule has 0 aromatic carbocycles. The maximum Gasteiger partial charge on any atom is 0.343 e. The van der Waals surface area contributed by atoms with Gasteiger partial charge in [0.1, 0.15) is 5.76 Å². The van der Waals surface area contributed by atoms with E-state index in [1.165, 1.54) is 18.0 Å². The van der Waals surface area contributed by atoms with Crippen molar-refractivity contribution in [2.75, 3.05) is 0 Å². The van der Waals surface area contributed by atoms with Crippen molar-refractivity contribution < 1.29 is 9.21 Å². The van der Waals surface area contributed by atoms with Crippen molar-refractivity contribution in [2.45, 2.75) is 30.8 Å². The van der Waals surface area contributed by atoms with E-state index in [0.717, 1.165) is 6.42 Å². The largest absolute Gasteiger partial charge is 0.468 e. The van der Waals surface area contributed by atoms with Crippen LogP contribution in [0.1, 0.15) is 29.5 Å². The SMILES string of the molecule is CCCn1c(SCc2occc2C(=O)NN)n[nH]c1=O. The van der Waals surface area contributed by atoms with Crippen molar-refractivity contribution in [1.29, 1.82) is 0 Å². The van der Waals surface area contributed by atoms with Crippen LogP contribution < -0.4 is 17.0 Å². The number of H-pyrrole nitrogens is 1. The van der Waals surface area contributed by atoms with Gasteiger partial charge in [0, 0.05) is 6.54 Å². The lowest BCUT2D eigenvalue weighted by Crippen LogP contribution is -2.30. The summed E-state index contributed by atoms with van der Waals surface area (Å²) in [5, 5.41) is 6.92. The fourth-order valence-electron chi connectivity index (χ4n) is 1.70. The van der Waals surface area contributed by atoms with Crippen LogP contribution in [0.3, 0.4) is 0 Å². The van der Waals surface area contributed by atoms with Crippen LogP contribution in [0, 0.1) is 0 Å². The van der Waals surface area contributed by atoms with Crippen molar-refractivity contribution in [3.8, 4) is 0 Å². The number of hydrogen-bond donors (Lipinski definition) is 3. The lowest BCUT2D eigenvalue weighted by Gasteiger charge is -2.03. The Morgan fingerprint density at radius 2 is 2.45 bits per heavy atom. The number of carbonyl (C=O) groups is 1. The summed E-state index contributed by atoms with van der Waals surface area (Å²) in [7, 11) is 0. The Morgan fingerprint density at radius 1 is 1.65 bits per heavy atom. The van der Waals surface area contributed by atoms with Crippen LogP contribution >= 0.6 is 11.8 Å². The molecular weight excluding hydrogens is 282 g/mol. The summed E-state index contributed by atoms with van der Waals surface area (Å²) in [4.78, 5) is 23.0. The summed E-state index contributed by atoms with van der Waals surface area (Å²) in [5.41, 5.74) is 2.19. The normalized spacial score (nSPS) is 10.7. The number of nitrogens with two attached hydrogens (primary N) is 1. The van der Waals surface area contributed by atoms with Gasteiger partial charge < -0.3 is 4.42 Å². The Morgan fingerprint density at radius 3 is 3.15 bits per heavy atom. The third-order valence-corrected chi connectivity index (χ3v) is 3.60. The zero-order valence-corrected chi connectivity index (χ0v) is 11.7. The highest BCUT2D eigenvalue weighted by Gasteiger charge is 2.15. The topological polar surface area (TPSA) is 119 Å². The number of carbonyl (C=O) groups excluding carboxylic acids is 1. The van der Waals surface area contributed by atoms with Crippen molar-refractivity contribution >= 4 is 17.7 Å². The third kappa shape index (κ3) is 2.94. The number of nitrogens with zero attached hydrogens (tertiary/aromatic N) is 2. The molecule has 0 unspecified atom stereocenters. The van der Waals surface area contributed by atoms with Gasteiger partial charge in [0.15, 0.2) is 5.16 Å². The molecule has 2 rings (SSSR count). The van der Waals surface area contributed by atoms with E-state index < -0.39 is 5.91 Å². The van der Waals surface area contributed by atoms with E-state index in [9.17, 15) is 9.59 Å². The van der Waals surface area contributed by atoms with Crippen molar-refractivity contribution in [3.05, 3.63) is 34.1 Å². The lowest BCUT2D eigenvalue weighted by molar-refractivity contribution is 0.0952. The molecular formula is C11H15N5O3S. The van der Waals surface area contributed by atoms with Gasteiger partial charge in [-0.05, 0) is 12.5 Å². The summed E-state index contributed by atoms with van der Waals surface area (Å²) in [6.45, 7) is 2.57. The monoisotopic (exact) mass is 297 g/mol. The second-order valence-electron chi connectivity index (χ2n) is 3.98.